The van der Waals surface area contributed by atoms with Crippen molar-refractivity contribution in [3.8, 4) is 0 Å². The van der Waals surface area contributed by atoms with Gasteiger partial charge in [-0.15, -0.1) is 0 Å². The SMILES string of the molecule is CNCC1COCCN1c1cc(=O)[nH]c(C2CC2)n1. The highest BCUT2D eigenvalue weighted by molar-refractivity contribution is 5.40. The predicted octanol–water partition coefficient (Wildman–Crippen LogP) is 0.0719. The summed E-state index contributed by atoms with van der Waals surface area (Å²) in [5.41, 5.74) is -0.0541. The fourth-order valence-electron chi connectivity index (χ4n) is 2.52. The molecule has 1 aliphatic carbocycles. The van der Waals surface area contributed by atoms with Gasteiger partial charge in [-0.1, -0.05) is 0 Å². The van der Waals surface area contributed by atoms with Crippen LogP contribution in [0.15, 0.2) is 10.9 Å². The molecule has 104 valence electrons. The molecule has 0 amide bonds. The zero-order valence-corrected chi connectivity index (χ0v) is 11.2. The van der Waals surface area contributed by atoms with Gasteiger partial charge in [-0.3, -0.25) is 4.79 Å². The third-order valence-electron chi connectivity index (χ3n) is 3.67. The van der Waals surface area contributed by atoms with Gasteiger partial charge in [0.15, 0.2) is 0 Å². The Hall–Kier alpha value is -1.40. The Morgan fingerprint density at radius 1 is 1.58 bits per heavy atom. The van der Waals surface area contributed by atoms with E-state index < -0.39 is 0 Å². The molecule has 2 fully saturated rings. The van der Waals surface area contributed by atoms with E-state index in [9.17, 15) is 4.79 Å². The minimum absolute atomic E-state index is 0.0541. The lowest BCUT2D eigenvalue weighted by molar-refractivity contribution is 0.0939. The summed E-state index contributed by atoms with van der Waals surface area (Å²) in [5, 5.41) is 3.17. The second-order valence-electron chi connectivity index (χ2n) is 5.24. The van der Waals surface area contributed by atoms with Gasteiger partial charge in [0.2, 0.25) is 0 Å². The number of hydrogen-bond acceptors (Lipinski definition) is 5. The van der Waals surface area contributed by atoms with Crippen molar-refractivity contribution in [2.24, 2.45) is 0 Å². The van der Waals surface area contributed by atoms with Gasteiger partial charge in [-0.05, 0) is 19.9 Å². The van der Waals surface area contributed by atoms with Gasteiger partial charge in [0.25, 0.3) is 5.56 Å². The molecule has 1 unspecified atom stereocenters. The molecule has 0 radical (unpaired) electrons. The highest BCUT2D eigenvalue weighted by Gasteiger charge is 2.29. The van der Waals surface area contributed by atoms with Crippen LogP contribution < -0.4 is 15.8 Å². The number of ether oxygens (including phenoxy) is 1. The molecule has 6 nitrogen and oxygen atoms in total. The van der Waals surface area contributed by atoms with Crippen LogP contribution in [0.25, 0.3) is 0 Å². The van der Waals surface area contributed by atoms with Crippen LogP contribution in [0.3, 0.4) is 0 Å². The summed E-state index contributed by atoms with van der Waals surface area (Å²) in [4.78, 5) is 21.5. The van der Waals surface area contributed by atoms with Crippen LogP contribution in [-0.2, 0) is 4.74 Å². The van der Waals surface area contributed by atoms with E-state index in [4.69, 9.17) is 4.74 Å². The predicted molar refractivity (Wildman–Crippen MR) is 72.7 cm³/mol. The van der Waals surface area contributed by atoms with Gasteiger partial charge in [0, 0.05) is 25.1 Å². The molecule has 1 saturated heterocycles. The van der Waals surface area contributed by atoms with Crippen molar-refractivity contribution < 1.29 is 4.74 Å². The average Bonchev–Trinajstić information content (AvgIpc) is 3.23. The Morgan fingerprint density at radius 2 is 2.42 bits per heavy atom. The maximum Gasteiger partial charge on any atom is 0.252 e. The Bertz CT molecular complexity index is 496. The summed E-state index contributed by atoms with van der Waals surface area (Å²) in [6.07, 6.45) is 2.27. The van der Waals surface area contributed by atoms with Crippen LogP contribution in [0.2, 0.25) is 0 Å². The van der Waals surface area contributed by atoms with Crippen molar-refractivity contribution in [2.75, 3.05) is 38.3 Å². The van der Waals surface area contributed by atoms with E-state index in [2.05, 4.69) is 20.2 Å². The Balaban J connectivity index is 1.88. The normalized spacial score (nSPS) is 23.6. The van der Waals surface area contributed by atoms with Crippen LogP contribution in [0.1, 0.15) is 24.6 Å². The number of likely N-dealkylation sites (N-methyl/N-ethyl adjacent to an activating group) is 1. The van der Waals surface area contributed by atoms with Gasteiger partial charge in [-0.25, -0.2) is 4.98 Å². The number of aromatic amines is 1. The second kappa shape index (κ2) is 5.30. The summed E-state index contributed by atoms with van der Waals surface area (Å²) < 4.78 is 5.51. The molecule has 0 bridgehead atoms. The highest BCUT2D eigenvalue weighted by Crippen LogP contribution is 2.38. The molecule has 6 heteroatoms. The zero-order chi connectivity index (χ0) is 13.2. The number of nitrogens with zero attached hydrogens (tertiary/aromatic N) is 2. The topological polar surface area (TPSA) is 70.2 Å². The summed E-state index contributed by atoms with van der Waals surface area (Å²) in [7, 11) is 1.92. The van der Waals surface area contributed by atoms with Gasteiger partial charge >= 0.3 is 0 Å². The number of rotatable bonds is 4. The van der Waals surface area contributed by atoms with E-state index in [-0.39, 0.29) is 11.6 Å². The van der Waals surface area contributed by atoms with Crippen LogP contribution in [0.5, 0.6) is 0 Å². The standard InChI is InChI=1S/C13H20N4O2/c1-14-7-10-8-19-5-4-17(10)11-6-12(18)16-13(15-11)9-2-3-9/h6,9-10,14H,2-5,7-8H2,1H3,(H,15,16,18). The zero-order valence-electron chi connectivity index (χ0n) is 11.2. The molecule has 0 aromatic carbocycles. The molecule has 2 aliphatic rings. The Labute approximate surface area is 112 Å². The first kappa shape index (κ1) is 12.6. The van der Waals surface area contributed by atoms with Crippen molar-refractivity contribution >= 4 is 5.82 Å². The van der Waals surface area contributed by atoms with E-state index in [1.165, 1.54) is 0 Å². The van der Waals surface area contributed by atoms with Crippen molar-refractivity contribution in [3.05, 3.63) is 22.2 Å². The third-order valence-corrected chi connectivity index (χ3v) is 3.67. The molecule has 1 atom stereocenters. The first-order chi connectivity index (χ1) is 9.28. The summed E-state index contributed by atoms with van der Waals surface area (Å²) in [6, 6.07) is 1.83. The molecular formula is C13H20N4O2. The number of anilines is 1. The van der Waals surface area contributed by atoms with Crippen LogP contribution in [-0.4, -0.2) is 49.4 Å². The minimum Gasteiger partial charge on any atom is -0.377 e. The van der Waals surface area contributed by atoms with Crippen molar-refractivity contribution in [1.29, 1.82) is 0 Å². The molecule has 2 heterocycles. The van der Waals surface area contributed by atoms with Crippen LogP contribution in [0, 0.1) is 0 Å². The molecule has 2 N–H and O–H groups in total. The first-order valence-electron chi connectivity index (χ1n) is 6.88. The van der Waals surface area contributed by atoms with E-state index in [0.717, 1.165) is 37.6 Å². The third kappa shape index (κ3) is 2.79. The number of aromatic nitrogens is 2. The van der Waals surface area contributed by atoms with Gasteiger partial charge in [0.05, 0.1) is 19.3 Å². The monoisotopic (exact) mass is 264 g/mol. The molecule has 3 rings (SSSR count). The minimum atomic E-state index is -0.0541. The molecule has 1 aliphatic heterocycles. The first-order valence-corrected chi connectivity index (χ1v) is 6.88. The summed E-state index contributed by atoms with van der Waals surface area (Å²) in [6.45, 7) is 2.97. The molecule has 1 saturated carbocycles. The van der Waals surface area contributed by atoms with Crippen LogP contribution >= 0.6 is 0 Å². The lowest BCUT2D eigenvalue weighted by Crippen LogP contribution is -2.50. The Kier molecular flexibility index (Phi) is 3.52. The second-order valence-corrected chi connectivity index (χ2v) is 5.24. The van der Waals surface area contributed by atoms with Crippen LogP contribution in [0.4, 0.5) is 5.82 Å². The van der Waals surface area contributed by atoms with Gasteiger partial charge < -0.3 is 19.9 Å². The van der Waals surface area contributed by atoms with E-state index >= 15 is 0 Å². The smallest absolute Gasteiger partial charge is 0.252 e. The lowest BCUT2D eigenvalue weighted by atomic mass is 10.2. The fourth-order valence-corrected chi connectivity index (χ4v) is 2.52. The summed E-state index contributed by atoms with van der Waals surface area (Å²) >= 11 is 0. The molecule has 0 spiro atoms. The number of morpholine rings is 1. The van der Waals surface area contributed by atoms with E-state index in [0.29, 0.717) is 19.1 Å². The van der Waals surface area contributed by atoms with E-state index in [1.54, 1.807) is 6.07 Å². The summed E-state index contributed by atoms with van der Waals surface area (Å²) in [5.74, 6) is 2.09. The number of H-pyrrole nitrogens is 1. The van der Waals surface area contributed by atoms with Crippen molar-refractivity contribution in [1.82, 2.24) is 15.3 Å². The lowest BCUT2D eigenvalue weighted by Gasteiger charge is -2.36. The Morgan fingerprint density at radius 3 is 3.16 bits per heavy atom. The quantitative estimate of drug-likeness (QED) is 0.805. The van der Waals surface area contributed by atoms with Gasteiger partial charge in [-0.2, -0.15) is 0 Å². The maximum absolute atomic E-state index is 11.8. The largest absolute Gasteiger partial charge is 0.377 e. The van der Waals surface area contributed by atoms with Crippen molar-refractivity contribution in [3.63, 3.8) is 0 Å². The number of hydrogen-bond donors (Lipinski definition) is 2. The molecule has 1 aromatic rings. The number of nitrogens with one attached hydrogen (secondary N) is 2. The van der Waals surface area contributed by atoms with E-state index in [1.807, 2.05) is 7.05 Å². The molecule has 19 heavy (non-hydrogen) atoms. The molecular weight excluding hydrogens is 244 g/mol. The molecule has 1 aromatic heterocycles. The maximum atomic E-state index is 11.8. The van der Waals surface area contributed by atoms with Crippen molar-refractivity contribution in [2.45, 2.75) is 24.8 Å². The highest BCUT2D eigenvalue weighted by atomic mass is 16.5. The van der Waals surface area contributed by atoms with Gasteiger partial charge in [0.1, 0.15) is 11.6 Å². The average molecular weight is 264 g/mol. The fraction of sp³-hybridized carbons (Fsp3) is 0.692.